The van der Waals surface area contributed by atoms with E-state index in [2.05, 4.69) is 44.7 Å². The lowest BCUT2D eigenvalue weighted by Gasteiger charge is -2.05. The Kier molecular flexibility index (Phi) is 7.01. The van der Waals surface area contributed by atoms with E-state index in [4.69, 9.17) is 4.74 Å². The van der Waals surface area contributed by atoms with Crippen LogP contribution in [0.2, 0.25) is 0 Å². The lowest BCUT2D eigenvalue weighted by molar-refractivity contribution is 0.167. The minimum atomic E-state index is 0.757. The van der Waals surface area contributed by atoms with Crippen LogP contribution in [0.1, 0.15) is 16.7 Å². The molecule has 1 aromatic rings. The third-order valence-electron chi connectivity index (χ3n) is 2.16. The highest BCUT2D eigenvalue weighted by Crippen LogP contribution is 2.15. The van der Waals surface area contributed by atoms with E-state index >= 15 is 0 Å². The van der Waals surface area contributed by atoms with Gasteiger partial charge in [0.25, 0.3) is 0 Å². The molecule has 0 heterocycles. The van der Waals surface area contributed by atoms with Crippen LogP contribution in [0.15, 0.2) is 18.2 Å². The van der Waals surface area contributed by atoms with Gasteiger partial charge in [-0.2, -0.15) is 24.4 Å². The summed E-state index contributed by atoms with van der Waals surface area (Å²) in [5.41, 5.74) is 4.11. The Morgan fingerprint density at radius 2 is 1.81 bits per heavy atom. The Balaban J connectivity index is 2.21. The van der Waals surface area contributed by atoms with Gasteiger partial charge in [-0.05, 0) is 19.4 Å². The van der Waals surface area contributed by atoms with E-state index in [-0.39, 0.29) is 0 Å². The molecule has 0 amide bonds. The largest absolute Gasteiger partial charge is 0.380 e. The van der Waals surface area contributed by atoms with Crippen molar-refractivity contribution in [3.63, 3.8) is 0 Å². The summed E-state index contributed by atoms with van der Waals surface area (Å²) in [5, 5.41) is 0. The molecule has 90 valence electrons. The summed E-state index contributed by atoms with van der Waals surface area (Å²) >= 11 is 6.02. The maximum absolute atomic E-state index is 5.37. The molecule has 0 fully saturated rings. The summed E-state index contributed by atoms with van der Waals surface area (Å²) < 4.78 is 5.37. The fraction of sp³-hybridized carbons (Fsp3) is 0.538. The summed E-state index contributed by atoms with van der Waals surface area (Å²) in [6.45, 7) is 5.89. The van der Waals surface area contributed by atoms with Crippen molar-refractivity contribution in [3.8, 4) is 0 Å². The highest BCUT2D eigenvalue weighted by molar-refractivity contribution is 7.98. The summed E-state index contributed by atoms with van der Waals surface area (Å²) in [6, 6.07) is 6.73. The molecule has 0 unspecified atom stereocenters. The van der Waals surface area contributed by atoms with Gasteiger partial charge in [0.15, 0.2) is 0 Å². The van der Waals surface area contributed by atoms with Gasteiger partial charge in [0, 0.05) is 17.3 Å². The molecule has 1 rings (SSSR count). The van der Waals surface area contributed by atoms with Crippen molar-refractivity contribution in [2.75, 3.05) is 24.7 Å². The molecule has 1 aromatic carbocycles. The van der Waals surface area contributed by atoms with Crippen LogP contribution in [0.5, 0.6) is 0 Å². The van der Waals surface area contributed by atoms with E-state index in [1.54, 1.807) is 0 Å². The van der Waals surface area contributed by atoms with E-state index in [1.807, 2.05) is 11.8 Å². The number of ether oxygens (including phenoxy) is 1. The van der Waals surface area contributed by atoms with E-state index in [0.29, 0.717) is 0 Å². The molecule has 0 N–H and O–H groups in total. The highest BCUT2D eigenvalue weighted by atomic mass is 32.2. The Bertz CT molecular complexity index is 293. The second kappa shape index (κ2) is 8.04. The molecule has 0 aliphatic heterocycles. The molecule has 3 heteroatoms. The van der Waals surface area contributed by atoms with Crippen molar-refractivity contribution in [1.82, 2.24) is 0 Å². The Morgan fingerprint density at radius 3 is 2.44 bits per heavy atom. The Hall–Kier alpha value is -0.120. The average Bonchev–Trinajstić information content (AvgIpc) is 2.22. The second-order valence-corrected chi connectivity index (χ2v) is 5.44. The molecular formula is C13H20OS2. The van der Waals surface area contributed by atoms with Gasteiger partial charge in [-0.15, -0.1) is 0 Å². The van der Waals surface area contributed by atoms with Crippen molar-refractivity contribution >= 4 is 24.4 Å². The van der Waals surface area contributed by atoms with E-state index < -0.39 is 0 Å². The molecule has 0 aliphatic rings. The SMILES string of the molecule is Cc1cc(C)cc(CSCCOCCS)c1. The first-order valence-corrected chi connectivity index (χ1v) is 7.34. The van der Waals surface area contributed by atoms with E-state index in [0.717, 1.165) is 30.5 Å². The van der Waals surface area contributed by atoms with Gasteiger partial charge in [-0.1, -0.05) is 29.3 Å². The molecule has 1 nitrogen and oxygen atoms in total. The van der Waals surface area contributed by atoms with Gasteiger partial charge >= 0.3 is 0 Å². The van der Waals surface area contributed by atoms with E-state index in [9.17, 15) is 0 Å². The van der Waals surface area contributed by atoms with Crippen LogP contribution >= 0.6 is 24.4 Å². The minimum Gasteiger partial charge on any atom is -0.380 e. The van der Waals surface area contributed by atoms with Crippen LogP contribution in [0.25, 0.3) is 0 Å². The van der Waals surface area contributed by atoms with Crippen LogP contribution in [0.4, 0.5) is 0 Å². The maximum atomic E-state index is 5.37. The summed E-state index contributed by atoms with van der Waals surface area (Å²) in [4.78, 5) is 0. The Labute approximate surface area is 108 Å². The maximum Gasteiger partial charge on any atom is 0.0557 e. The van der Waals surface area contributed by atoms with Gasteiger partial charge in [-0.25, -0.2) is 0 Å². The van der Waals surface area contributed by atoms with Crippen molar-refractivity contribution in [3.05, 3.63) is 34.9 Å². The van der Waals surface area contributed by atoms with Crippen LogP contribution in [0, 0.1) is 13.8 Å². The number of hydrogen-bond donors (Lipinski definition) is 1. The molecule has 0 radical (unpaired) electrons. The average molecular weight is 256 g/mol. The molecule has 0 saturated carbocycles. The van der Waals surface area contributed by atoms with Gasteiger partial charge in [0.1, 0.15) is 0 Å². The first kappa shape index (κ1) is 13.9. The van der Waals surface area contributed by atoms with Crippen molar-refractivity contribution in [2.24, 2.45) is 0 Å². The summed E-state index contributed by atoms with van der Waals surface area (Å²) in [7, 11) is 0. The molecule has 16 heavy (non-hydrogen) atoms. The van der Waals surface area contributed by atoms with Crippen LogP contribution in [-0.4, -0.2) is 24.7 Å². The normalized spacial score (nSPS) is 10.7. The first-order chi connectivity index (χ1) is 7.72. The number of aryl methyl sites for hydroxylation is 2. The molecular weight excluding hydrogens is 236 g/mol. The number of benzene rings is 1. The number of thiol groups is 1. The lowest BCUT2D eigenvalue weighted by Crippen LogP contribution is -2.00. The predicted octanol–water partition coefficient (Wildman–Crippen LogP) is 3.48. The standard InChI is InChI=1S/C13H20OS2/c1-11-7-12(2)9-13(8-11)10-16-6-4-14-3-5-15/h7-9,15H,3-6,10H2,1-2H3. The molecule has 0 atom stereocenters. The van der Waals surface area contributed by atoms with Crippen LogP contribution in [0.3, 0.4) is 0 Å². The predicted molar refractivity (Wildman–Crippen MR) is 76.8 cm³/mol. The Morgan fingerprint density at radius 1 is 1.12 bits per heavy atom. The van der Waals surface area contributed by atoms with Crippen molar-refractivity contribution in [2.45, 2.75) is 19.6 Å². The monoisotopic (exact) mass is 256 g/mol. The van der Waals surface area contributed by atoms with Crippen molar-refractivity contribution in [1.29, 1.82) is 0 Å². The molecule has 0 aromatic heterocycles. The van der Waals surface area contributed by atoms with Gasteiger partial charge in [0.05, 0.1) is 13.2 Å². The highest BCUT2D eigenvalue weighted by Gasteiger charge is 1.96. The van der Waals surface area contributed by atoms with Crippen molar-refractivity contribution < 1.29 is 4.74 Å². The zero-order valence-corrected chi connectivity index (χ0v) is 11.7. The summed E-state index contributed by atoms with van der Waals surface area (Å²) in [6.07, 6.45) is 0. The topological polar surface area (TPSA) is 9.23 Å². The second-order valence-electron chi connectivity index (χ2n) is 3.88. The lowest BCUT2D eigenvalue weighted by atomic mass is 10.1. The third-order valence-corrected chi connectivity index (χ3v) is 3.33. The van der Waals surface area contributed by atoms with Crippen LogP contribution in [-0.2, 0) is 10.5 Å². The van der Waals surface area contributed by atoms with Crippen LogP contribution < -0.4 is 0 Å². The number of hydrogen-bond acceptors (Lipinski definition) is 3. The van der Waals surface area contributed by atoms with Gasteiger partial charge in [0.2, 0.25) is 0 Å². The first-order valence-electron chi connectivity index (χ1n) is 5.56. The third kappa shape index (κ3) is 5.83. The minimum absolute atomic E-state index is 0.757. The van der Waals surface area contributed by atoms with Gasteiger partial charge < -0.3 is 4.74 Å². The fourth-order valence-corrected chi connectivity index (χ4v) is 2.54. The summed E-state index contributed by atoms with van der Waals surface area (Å²) in [5.74, 6) is 2.94. The number of rotatable bonds is 7. The number of thioether (sulfide) groups is 1. The quantitative estimate of drug-likeness (QED) is 0.591. The zero-order valence-electron chi connectivity index (χ0n) is 10.0. The molecule has 0 spiro atoms. The fourth-order valence-electron chi connectivity index (χ4n) is 1.63. The van der Waals surface area contributed by atoms with Gasteiger partial charge in [-0.3, -0.25) is 0 Å². The molecule has 0 aliphatic carbocycles. The molecule has 0 bridgehead atoms. The van der Waals surface area contributed by atoms with E-state index in [1.165, 1.54) is 16.7 Å². The smallest absolute Gasteiger partial charge is 0.0557 e. The molecule has 0 saturated heterocycles. The zero-order chi connectivity index (χ0) is 11.8.